The van der Waals surface area contributed by atoms with Crippen molar-refractivity contribution in [3.8, 4) is 0 Å². The fourth-order valence-corrected chi connectivity index (χ4v) is 2.34. The number of carbonyl (C=O) groups is 1. The van der Waals surface area contributed by atoms with E-state index < -0.39 is 0 Å². The van der Waals surface area contributed by atoms with Crippen molar-refractivity contribution in [1.29, 1.82) is 0 Å². The van der Waals surface area contributed by atoms with Gasteiger partial charge in [0, 0.05) is 31.8 Å². The van der Waals surface area contributed by atoms with Gasteiger partial charge in [0.25, 0.3) is 0 Å². The molecule has 2 rings (SSSR count). The van der Waals surface area contributed by atoms with Crippen LogP contribution in [-0.4, -0.2) is 35.6 Å². The second-order valence-electron chi connectivity index (χ2n) is 5.31. The Morgan fingerprint density at radius 2 is 2.08 bits per heavy atom. The molecule has 2 aromatic rings. The van der Waals surface area contributed by atoms with Crippen molar-refractivity contribution in [3.63, 3.8) is 0 Å². The number of halogens is 1. The molecule has 0 aromatic carbocycles. The summed E-state index contributed by atoms with van der Waals surface area (Å²) in [6.07, 6.45) is 4.83. The molecule has 9 heteroatoms. The van der Waals surface area contributed by atoms with Crippen LogP contribution in [0.2, 0.25) is 0 Å². The molecule has 0 unspecified atom stereocenters. The summed E-state index contributed by atoms with van der Waals surface area (Å²) in [6.45, 7) is 4.70. The van der Waals surface area contributed by atoms with Gasteiger partial charge in [0.2, 0.25) is 5.91 Å². The molecule has 0 aliphatic carbocycles. The summed E-state index contributed by atoms with van der Waals surface area (Å²) < 4.78 is 5.35. The SMILES string of the molecule is CCc1noc(CC)c1CNC(=NC)NCC(=O)Nc1cccnc1.I. The van der Waals surface area contributed by atoms with Crippen LogP contribution in [0.5, 0.6) is 0 Å². The first-order valence-electron chi connectivity index (χ1n) is 8.28. The molecule has 0 aliphatic heterocycles. The highest BCUT2D eigenvalue weighted by atomic mass is 127. The first-order chi connectivity index (χ1) is 12.2. The van der Waals surface area contributed by atoms with Gasteiger partial charge in [-0.05, 0) is 18.6 Å². The Bertz CT molecular complexity index is 696. The van der Waals surface area contributed by atoms with Crippen LogP contribution in [0.25, 0.3) is 0 Å². The van der Waals surface area contributed by atoms with Gasteiger partial charge >= 0.3 is 0 Å². The number of rotatable bonds is 7. The number of nitrogens with zero attached hydrogens (tertiary/aromatic N) is 3. The van der Waals surface area contributed by atoms with Crippen molar-refractivity contribution >= 4 is 41.5 Å². The summed E-state index contributed by atoms with van der Waals surface area (Å²) in [5, 5.41) is 13.0. The minimum absolute atomic E-state index is 0. The number of aromatic nitrogens is 2. The van der Waals surface area contributed by atoms with Gasteiger partial charge in [-0.15, -0.1) is 24.0 Å². The molecule has 2 aromatic heterocycles. The van der Waals surface area contributed by atoms with Gasteiger partial charge in [-0.25, -0.2) is 0 Å². The lowest BCUT2D eigenvalue weighted by Crippen LogP contribution is -2.41. The third kappa shape index (κ3) is 6.28. The molecular weight excluding hydrogens is 447 g/mol. The van der Waals surface area contributed by atoms with Crippen LogP contribution in [0.15, 0.2) is 34.0 Å². The van der Waals surface area contributed by atoms with Crippen molar-refractivity contribution in [2.45, 2.75) is 33.2 Å². The molecule has 0 spiro atoms. The highest BCUT2D eigenvalue weighted by Crippen LogP contribution is 2.15. The Morgan fingerprint density at radius 3 is 2.69 bits per heavy atom. The van der Waals surface area contributed by atoms with Crippen molar-refractivity contribution in [3.05, 3.63) is 41.5 Å². The van der Waals surface area contributed by atoms with Gasteiger partial charge < -0.3 is 20.5 Å². The van der Waals surface area contributed by atoms with Crippen LogP contribution in [0.1, 0.15) is 30.9 Å². The van der Waals surface area contributed by atoms with Gasteiger partial charge in [-0.2, -0.15) is 0 Å². The van der Waals surface area contributed by atoms with Crippen molar-refractivity contribution in [2.75, 3.05) is 18.9 Å². The molecule has 0 bridgehead atoms. The molecule has 0 radical (unpaired) electrons. The van der Waals surface area contributed by atoms with Gasteiger partial charge in [0.15, 0.2) is 5.96 Å². The van der Waals surface area contributed by atoms with Crippen LogP contribution >= 0.6 is 24.0 Å². The molecule has 0 atom stereocenters. The lowest BCUT2D eigenvalue weighted by Gasteiger charge is -2.12. The van der Waals surface area contributed by atoms with E-state index in [2.05, 4.69) is 31.1 Å². The Hall–Kier alpha value is -2.17. The van der Waals surface area contributed by atoms with Gasteiger partial charge in [0.1, 0.15) is 5.76 Å². The monoisotopic (exact) mass is 472 g/mol. The van der Waals surface area contributed by atoms with E-state index in [0.717, 1.165) is 29.9 Å². The summed E-state index contributed by atoms with van der Waals surface area (Å²) in [6, 6.07) is 3.54. The van der Waals surface area contributed by atoms with Gasteiger partial charge in [0.05, 0.1) is 24.1 Å². The maximum Gasteiger partial charge on any atom is 0.243 e. The van der Waals surface area contributed by atoms with E-state index in [1.807, 2.05) is 13.8 Å². The number of anilines is 1. The number of nitrogens with one attached hydrogen (secondary N) is 3. The smallest absolute Gasteiger partial charge is 0.243 e. The second-order valence-corrected chi connectivity index (χ2v) is 5.31. The fourth-order valence-electron chi connectivity index (χ4n) is 2.34. The predicted octanol–water partition coefficient (Wildman–Crippen LogP) is 2.12. The molecule has 1 amide bonds. The molecule has 0 fully saturated rings. The fraction of sp³-hybridized carbons (Fsp3) is 0.412. The zero-order valence-electron chi connectivity index (χ0n) is 15.2. The highest BCUT2D eigenvalue weighted by molar-refractivity contribution is 14.0. The van der Waals surface area contributed by atoms with Crippen LogP contribution in [0.3, 0.4) is 0 Å². The number of aryl methyl sites for hydroxylation is 2. The molecule has 0 saturated heterocycles. The van der Waals surface area contributed by atoms with E-state index in [-0.39, 0.29) is 36.4 Å². The van der Waals surface area contributed by atoms with E-state index in [4.69, 9.17) is 4.52 Å². The van der Waals surface area contributed by atoms with Crippen molar-refractivity contribution < 1.29 is 9.32 Å². The van der Waals surface area contributed by atoms with Crippen LogP contribution < -0.4 is 16.0 Å². The predicted molar refractivity (Wildman–Crippen MR) is 112 cm³/mol. The van der Waals surface area contributed by atoms with E-state index >= 15 is 0 Å². The molecule has 26 heavy (non-hydrogen) atoms. The van der Waals surface area contributed by atoms with Crippen molar-refractivity contribution in [2.24, 2.45) is 4.99 Å². The maximum atomic E-state index is 12.0. The first-order valence-corrected chi connectivity index (χ1v) is 8.28. The topological polar surface area (TPSA) is 104 Å². The summed E-state index contributed by atoms with van der Waals surface area (Å²) in [4.78, 5) is 20.0. The van der Waals surface area contributed by atoms with E-state index in [1.165, 1.54) is 0 Å². The standard InChI is InChI=1S/C17H24N6O2.HI/c1-4-14-13(15(5-2)25-23-14)10-20-17(18-3)21-11-16(24)22-12-7-6-8-19-9-12;/h6-9H,4-5,10-11H2,1-3H3,(H,22,24)(H2,18,20,21);1H. The van der Waals surface area contributed by atoms with Crippen LogP contribution in [-0.2, 0) is 24.2 Å². The van der Waals surface area contributed by atoms with E-state index in [0.29, 0.717) is 18.2 Å². The number of amides is 1. The van der Waals surface area contributed by atoms with Gasteiger partial charge in [-0.1, -0.05) is 19.0 Å². The molecule has 3 N–H and O–H groups in total. The third-order valence-corrected chi connectivity index (χ3v) is 3.62. The Labute approximate surface area is 170 Å². The number of aliphatic imine (C=N–C) groups is 1. The van der Waals surface area contributed by atoms with Gasteiger partial charge in [-0.3, -0.25) is 14.8 Å². The average Bonchev–Trinajstić information content (AvgIpc) is 3.04. The Kier molecular flexibility index (Phi) is 9.63. The largest absolute Gasteiger partial charge is 0.361 e. The summed E-state index contributed by atoms with van der Waals surface area (Å²) in [7, 11) is 1.66. The number of hydrogen-bond donors (Lipinski definition) is 3. The third-order valence-electron chi connectivity index (χ3n) is 3.62. The summed E-state index contributed by atoms with van der Waals surface area (Å²) in [5.74, 6) is 1.23. The van der Waals surface area contributed by atoms with Crippen LogP contribution in [0, 0.1) is 0 Å². The highest BCUT2D eigenvalue weighted by Gasteiger charge is 2.13. The molecule has 8 nitrogen and oxygen atoms in total. The summed E-state index contributed by atoms with van der Waals surface area (Å²) in [5.41, 5.74) is 2.64. The molecule has 0 aliphatic rings. The first kappa shape index (κ1) is 21.9. The zero-order chi connectivity index (χ0) is 18.1. The average molecular weight is 472 g/mol. The number of hydrogen-bond acceptors (Lipinski definition) is 5. The number of carbonyl (C=O) groups excluding carboxylic acids is 1. The number of pyridine rings is 1. The normalized spacial score (nSPS) is 10.8. The zero-order valence-corrected chi connectivity index (χ0v) is 17.5. The number of guanidine groups is 1. The lowest BCUT2D eigenvalue weighted by atomic mass is 10.1. The minimum atomic E-state index is -0.176. The van der Waals surface area contributed by atoms with E-state index in [1.54, 1.807) is 31.6 Å². The quantitative estimate of drug-likeness (QED) is 0.324. The van der Waals surface area contributed by atoms with E-state index in [9.17, 15) is 4.79 Å². The molecule has 2 heterocycles. The maximum absolute atomic E-state index is 12.0. The Morgan fingerprint density at radius 1 is 1.27 bits per heavy atom. The molecule has 142 valence electrons. The molecule has 0 saturated carbocycles. The van der Waals surface area contributed by atoms with Crippen LogP contribution in [0.4, 0.5) is 5.69 Å². The summed E-state index contributed by atoms with van der Waals surface area (Å²) >= 11 is 0. The second kappa shape index (κ2) is 11.4. The minimum Gasteiger partial charge on any atom is -0.361 e. The van der Waals surface area contributed by atoms with Crippen molar-refractivity contribution in [1.82, 2.24) is 20.8 Å². The molecular formula is C17H25IN6O2. The Balaban J connectivity index is 0.00000338. The lowest BCUT2D eigenvalue weighted by molar-refractivity contribution is -0.115.